The van der Waals surface area contributed by atoms with E-state index in [-0.39, 0.29) is 30.0 Å². The van der Waals surface area contributed by atoms with E-state index in [2.05, 4.69) is 67.8 Å². The number of benzene rings is 2. The third kappa shape index (κ3) is 6.07. The lowest BCUT2D eigenvalue weighted by Gasteiger charge is -2.19. The molecule has 2 aromatic carbocycles. The van der Waals surface area contributed by atoms with Crippen molar-refractivity contribution in [2.45, 2.75) is 19.5 Å². The van der Waals surface area contributed by atoms with E-state index in [0.717, 1.165) is 16.1 Å². The van der Waals surface area contributed by atoms with E-state index < -0.39 is 0 Å². The number of aromatic nitrogens is 2. The number of hydrogen-bond donors (Lipinski definition) is 2. The summed E-state index contributed by atoms with van der Waals surface area (Å²) in [6.07, 6.45) is 3.72. The lowest BCUT2D eigenvalue weighted by molar-refractivity contribution is 0.684. The van der Waals surface area contributed by atoms with Crippen LogP contribution in [0.4, 0.5) is 0 Å². The molecule has 3 rings (SSSR count). The van der Waals surface area contributed by atoms with Gasteiger partial charge in [-0.3, -0.25) is 4.99 Å². The van der Waals surface area contributed by atoms with Gasteiger partial charge >= 0.3 is 0 Å². The molecule has 0 radical (unpaired) electrons. The van der Waals surface area contributed by atoms with Crippen molar-refractivity contribution in [3.8, 4) is 5.69 Å². The molecule has 27 heavy (non-hydrogen) atoms. The van der Waals surface area contributed by atoms with Crippen LogP contribution in [-0.4, -0.2) is 22.8 Å². The number of aliphatic imine (C=N–C) groups is 1. The highest BCUT2D eigenvalue weighted by Crippen LogP contribution is 2.16. The molecular formula is C20H23BrIN5. The van der Waals surface area contributed by atoms with E-state index in [1.807, 2.05) is 41.2 Å². The van der Waals surface area contributed by atoms with Gasteiger partial charge in [-0.2, -0.15) is 5.10 Å². The lowest BCUT2D eigenvalue weighted by atomic mass is 10.1. The lowest BCUT2D eigenvalue weighted by Crippen LogP contribution is -2.38. The summed E-state index contributed by atoms with van der Waals surface area (Å²) in [4.78, 5) is 4.33. The number of guanidine groups is 1. The van der Waals surface area contributed by atoms with Crippen LogP contribution in [-0.2, 0) is 6.54 Å². The third-order valence-corrected chi connectivity index (χ3v) is 4.62. The first-order chi connectivity index (χ1) is 12.7. The summed E-state index contributed by atoms with van der Waals surface area (Å²) in [5, 5.41) is 11.1. The number of rotatable bonds is 5. The fourth-order valence-corrected chi connectivity index (χ4v) is 2.89. The van der Waals surface area contributed by atoms with Crippen LogP contribution in [0, 0.1) is 0 Å². The molecule has 0 fully saturated rings. The maximum atomic E-state index is 4.33. The SMILES string of the molecule is CN=C(NCc1ccc(Br)cc1)NC(C)c1cccc(-n2cccn2)c1.I. The minimum atomic E-state index is 0. The molecule has 0 spiro atoms. The van der Waals surface area contributed by atoms with Crippen LogP contribution in [0.2, 0.25) is 0 Å². The van der Waals surface area contributed by atoms with Crippen LogP contribution in [0.5, 0.6) is 0 Å². The zero-order valence-electron chi connectivity index (χ0n) is 15.3. The highest BCUT2D eigenvalue weighted by Gasteiger charge is 2.09. The maximum Gasteiger partial charge on any atom is 0.191 e. The molecule has 1 unspecified atom stereocenters. The highest BCUT2D eigenvalue weighted by atomic mass is 127. The molecule has 1 heterocycles. The van der Waals surface area contributed by atoms with Gasteiger partial charge in [0, 0.05) is 30.5 Å². The Morgan fingerprint density at radius 1 is 1.19 bits per heavy atom. The molecular weight excluding hydrogens is 517 g/mol. The minimum absolute atomic E-state index is 0. The van der Waals surface area contributed by atoms with E-state index in [9.17, 15) is 0 Å². The predicted octanol–water partition coefficient (Wildman–Crippen LogP) is 4.68. The Kier molecular flexibility index (Phi) is 8.30. The summed E-state index contributed by atoms with van der Waals surface area (Å²) >= 11 is 3.46. The van der Waals surface area contributed by atoms with Gasteiger partial charge < -0.3 is 10.6 Å². The highest BCUT2D eigenvalue weighted by molar-refractivity contribution is 14.0. The molecule has 2 N–H and O–H groups in total. The van der Waals surface area contributed by atoms with Gasteiger partial charge in [0.15, 0.2) is 5.96 Å². The first-order valence-corrected chi connectivity index (χ1v) is 9.26. The summed E-state index contributed by atoms with van der Waals surface area (Å²) in [5.74, 6) is 0.768. The van der Waals surface area contributed by atoms with Gasteiger partial charge in [-0.25, -0.2) is 4.68 Å². The summed E-state index contributed by atoms with van der Waals surface area (Å²) in [6.45, 7) is 2.84. The number of halogens is 2. The second-order valence-electron chi connectivity index (χ2n) is 5.96. The average Bonchev–Trinajstić information content (AvgIpc) is 3.21. The summed E-state index contributed by atoms with van der Waals surface area (Å²) in [7, 11) is 1.78. The molecule has 0 amide bonds. The molecule has 7 heteroatoms. The average molecular weight is 540 g/mol. The Balaban J connectivity index is 0.00000261. The Labute approximate surface area is 185 Å². The predicted molar refractivity (Wildman–Crippen MR) is 125 cm³/mol. The molecule has 0 saturated carbocycles. The maximum absolute atomic E-state index is 4.33. The molecule has 1 aromatic heterocycles. The zero-order chi connectivity index (χ0) is 18.4. The molecule has 142 valence electrons. The van der Waals surface area contributed by atoms with Gasteiger partial charge in [-0.05, 0) is 48.4 Å². The van der Waals surface area contributed by atoms with Crippen LogP contribution in [0.3, 0.4) is 0 Å². The van der Waals surface area contributed by atoms with Crippen molar-refractivity contribution in [3.05, 3.63) is 82.6 Å². The minimum Gasteiger partial charge on any atom is -0.352 e. The molecule has 0 aliphatic rings. The van der Waals surface area contributed by atoms with Crippen LogP contribution in [0.25, 0.3) is 5.69 Å². The molecule has 0 aliphatic carbocycles. The Morgan fingerprint density at radius 3 is 2.63 bits per heavy atom. The standard InChI is InChI=1S/C20H22BrN5.HI/c1-15(17-5-3-6-19(13-17)26-12-4-11-24-26)25-20(22-2)23-14-16-7-9-18(21)10-8-16;/h3-13,15H,14H2,1-2H3,(H2,22,23,25);1H. The van der Waals surface area contributed by atoms with Crippen molar-refractivity contribution in [1.29, 1.82) is 0 Å². The molecule has 5 nitrogen and oxygen atoms in total. The first kappa shape index (κ1) is 21.4. The van der Waals surface area contributed by atoms with Crippen LogP contribution in [0.15, 0.2) is 76.5 Å². The molecule has 3 aromatic rings. The van der Waals surface area contributed by atoms with E-state index in [1.54, 1.807) is 13.2 Å². The van der Waals surface area contributed by atoms with Crippen molar-refractivity contribution < 1.29 is 0 Å². The van der Waals surface area contributed by atoms with E-state index in [0.29, 0.717) is 6.54 Å². The Bertz CT molecular complexity index is 862. The quantitative estimate of drug-likeness (QED) is 0.281. The summed E-state index contributed by atoms with van der Waals surface area (Å²) in [6, 6.07) is 18.6. The van der Waals surface area contributed by atoms with Gasteiger partial charge in [0.25, 0.3) is 0 Å². The van der Waals surface area contributed by atoms with E-state index in [4.69, 9.17) is 0 Å². The fraction of sp³-hybridized carbons (Fsp3) is 0.200. The van der Waals surface area contributed by atoms with Gasteiger partial charge in [-0.1, -0.05) is 40.2 Å². The zero-order valence-corrected chi connectivity index (χ0v) is 19.2. The number of nitrogens with one attached hydrogen (secondary N) is 2. The Morgan fingerprint density at radius 2 is 1.96 bits per heavy atom. The molecule has 0 bridgehead atoms. The van der Waals surface area contributed by atoms with Gasteiger partial charge in [0.05, 0.1) is 11.7 Å². The van der Waals surface area contributed by atoms with Crippen LogP contribution in [0.1, 0.15) is 24.1 Å². The number of hydrogen-bond acceptors (Lipinski definition) is 2. The van der Waals surface area contributed by atoms with Crippen LogP contribution >= 0.6 is 39.9 Å². The van der Waals surface area contributed by atoms with Gasteiger partial charge in [0.2, 0.25) is 0 Å². The second-order valence-corrected chi connectivity index (χ2v) is 6.88. The van der Waals surface area contributed by atoms with E-state index in [1.165, 1.54) is 11.1 Å². The normalized spacial score (nSPS) is 12.2. The van der Waals surface area contributed by atoms with Crippen molar-refractivity contribution in [2.75, 3.05) is 7.05 Å². The summed E-state index contributed by atoms with van der Waals surface area (Å²) < 4.78 is 2.94. The summed E-state index contributed by atoms with van der Waals surface area (Å²) in [5.41, 5.74) is 3.41. The third-order valence-electron chi connectivity index (χ3n) is 4.09. The van der Waals surface area contributed by atoms with Gasteiger partial charge in [0.1, 0.15) is 0 Å². The van der Waals surface area contributed by atoms with E-state index >= 15 is 0 Å². The van der Waals surface area contributed by atoms with Crippen molar-refractivity contribution in [3.63, 3.8) is 0 Å². The van der Waals surface area contributed by atoms with Crippen molar-refractivity contribution in [2.24, 2.45) is 4.99 Å². The molecule has 0 saturated heterocycles. The molecule has 1 atom stereocenters. The monoisotopic (exact) mass is 539 g/mol. The van der Waals surface area contributed by atoms with Crippen molar-refractivity contribution in [1.82, 2.24) is 20.4 Å². The fourth-order valence-electron chi connectivity index (χ4n) is 2.63. The van der Waals surface area contributed by atoms with Crippen molar-refractivity contribution >= 4 is 45.9 Å². The Hall–Kier alpha value is -1.87. The number of nitrogens with zero attached hydrogens (tertiary/aromatic N) is 3. The second kappa shape index (κ2) is 10.5. The topological polar surface area (TPSA) is 54.2 Å². The smallest absolute Gasteiger partial charge is 0.191 e. The largest absolute Gasteiger partial charge is 0.352 e. The first-order valence-electron chi connectivity index (χ1n) is 8.47. The van der Waals surface area contributed by atoms with Gasteiger partial charge in [-0.15, -0.1) is 24.0 Å². The molecule has 0 aliphatic heterocycles. The van der Waals surface area contributed by atoms with Crippen LogP contribution < -0.4 is 10.6 Å².